The van der Waals surface area contributed by atoms with Gasteiger partial charge in [0, 0.05) is 43.6 Å². The predicted octanol–water partition coefficient (Wildman–Crippen LogP) is 2.93. The summed E-state index contributed by atoms with van der Waals surface area (Å²) in [6.45, 7) is 6.44. The van der Waals surface area contributed by atoms with Gasteiger partial charge in [-0.15, -0.1) is 0 Å². The number of likely N-dealkylation sites (tertiary alicyclic amines) is 1. The van der Waals surface area contributed by atoms with Crippen molar-refractivity contribution < 1.29 is 34.1 Å². The normalized spacial score (nSPS) is 34.1. The van der Waals surface area contributed by atoms with Crippen molar-refractivity contribution >= 4 is 23.6 Å². The molecule has 10 nitrogen and oxygen atoms in total. The lowest BCUT2D eigenvalue weighted by molar-refractivity contribution is -0.186. The van der Waals surface area contributed by atoms with Crippen LogP contribution < -0.4 is 15.4 Å². The van der Waals surface area contributed by atoms with Crippen molar-refractivity contribution in [3.05, 3.63) is 24.3 Å². The zero-order chi connectivity index (χ0) is 28.4. The number of nitrogens with one attached hydrogen (secondary N) is 2. The maximum Gasteiger partial charge on any atom is 0.411 e. The van der Waals surface area contributed by atoms with Gasteiger partial charge in [0.05, 0.1) is 19.8 Å². The first kappa shape index (κ1) is 29.1. The molecule has 0 spiro atoms. The summed E-state index contributed by atoms with van der Waals surface area (Å²) in [4.78, 5) is 39.4. The molecular formula is C29H43N3O7. The number of aliphatic hydroxyl groups is 2. The minimum Gasteiger partial charge on any atom is -0.497 e. The van der Waals surface area contributed by atoms with E-state index in [9.17, 15) is 24.6 Å². The number of amides is 3. The van der Waals surface area contributed by atoms with Gasteiger partial charge in [-0.05, 0) is 73.6 Å². The summed E-state index contributed by atoms with van der Waals surface area (Å²) in [6, 6.07) is 6.91. The molecule has 0 bridgehead atoms. The quantitative estimate of drug-likeness (QED) is 0.413. The van der Waals surface area contributed by atoms with Gasteiger partial charge in [0.2, 0.25) is 11.8 Å². The molecule has 1 saturated heterocycles. The van der Waals surface area contributed by atoms with Crippen LogP contribution in [-0.4, -0.2) is 78.1 Å². The number of ether oxygens (including phenoxy) is 2. The number of anilines is 1. The van der Waals surface area contributed by atoms with Gasteiger partial charge in [-0.1, -0.05) is 13.8 Å². The molecule has 1 aliphatic heterocycles. The van der Waals surface area contributed by atoms with Crippen molar-refractivity contribution in [2.45, 2.75) is 77.5 Å². The van der Waals surface area contributed by atoms with Crippen LogP contribution >= 0.6 is 0 Å². The summed E-state index contributed by atoms with van der Waals surface area (Å²) in [7, 11) is 1.57. The first-order valence-corrected chi connectivity index (χ1v) is 14.0. The highest BCUT2D eigenvalue weighted by atomic mass is 16.6. The van der Waals surface area contributed by atoms with Crippen LogP contribution in [0.2, 0.25) is 0 Å². The molecule has 1 heterocycles. The second-order valence-electron chi connectivity index (χ2n) is 12.0. The first-order valence-electron chi connectivity index (χ1n) is 14.0. The van der Waals surface area contributed by atoms with Crippen molar-refractivity contribution in [3.63, 3.8) is 0 Å². The van der Waals surface area contributed by atoms with E-state index in [1.165, 1.54) is 6.92 Å². The average molecular weight is 546 g/mol. The summed E-state index contributed by atoms with van der Waals surface area (Å²) >= 11 is 0. The standard InChI is InChI=1S/C29H43N3O7/c1-18(34)30-20-12-14-32(16-20)26(36)15-22-23(35)9-10-24-28(22,2)13-11-25(29(24,3)17-33)39-27(37)31-19-5-7-21(38-4)8-6-19/h5-8,20,22-25,33,35H,9-17H2,1-4H3,(H,30,34)(H,31,37). The van der Waals surface area contributed by atoms with Gasteiger partial charge >= 0.3 is 6.09 Å². The summed E-state index contributed by atoms with van der Waals surface area (Å²) in [5.74, 6) is 0.236. The number of nitrogens with zero attached hydrogens (tertiary/aromatic N) is 1. The molecule has 3 fully saturated rings. The third-order valence-corrected chi connectivity index (χ3v) is 9.60. The highest BCUT2D eigenvalue weighted by molar-refractivity contribution is 5.84. The zero-order valence-electron chi connectivity index (χ0n) is 23.4. The van der Waals surface area contributed by atoms with E-state index in [-0.39, 0.29) is 42.7 Å². The van der Waals surface area contributed by atoms with Crippen LogP contribution in [0.4, 0.5) is 10.5 Å². The Bertz CT molecular complexity index is 1050. The lowest BCUT2D eigenvalue weighted by Gasteiger charge is -2.60. The van der Waals surface area contributed by atoms with E-state index in [4.69, 9.17) is 9.47 Å². The topological polar surface area (TPSA) is 137 Å². The van der Waals surface area contributed by atoms with Crippen LogP contribution in [0.25, 0.3) is 0 Å². The molecule has 0 radical (unpaired) electrons. The van der Waals surface area contributed by atoms with Crippen LogP contribution in [0.5, 0.6) is 5.75 Å². The molecule has 39 heavy (non-hydrogen) atoms. The predicted molar refractivity (Wildman–Crippen MR) is 145 cm³/mol. The van der Waals surface area contributed by atoms with Crippen molar-refractivity contribution in [3.8, 4) is 5.75 Å². The molecule has 7 atom stereocenters. The van der Waals surface area contributed by atoms with Crippen LogP contribution in [0.1, 0.15) is 59.3 Å². The fourth-order valence-electron chi connectivity index (χ4n) is 7.44. The third kappa shape index (κ3) is 6.01. The number of hydrogen-bond donors (Lipinski definition) is 4. The molecule has 0 aromatic heterocycles. The fraction of sp³-hybridized carbons (Fsp3) is 0.690. The van der Waals surface area contributed by atoms with E-state index >= 15 is 0 Å². The van der Waals surface area contributed by atoms with Crippen molar-refractivity contribution in [1.82, 2.24) is 10.2 Å². The fourth-order valence-corrected chi connectivity index (χ4v) is 7.44. The number of fused-ring (bicyclic) bond motifs is 1. The van der Waals surface area contributed by atoms with Crippen molar-refractivity contribution in [2.75, 3.05) is 32.1 Å². The number of rotatable bonds is 7. The Morgan fingerprint density at radius 1 is 1.10 bits per heavy atom. The lowest BCUT2D eigenvalue weighted by Crippen LogP contribution is -2.61. The number of methoxy groups -OCH3 is 1. The highest BCUT2D eigenvalue weighted by Gasteiger charge is 2.60. The van der Waals surface area contributed by atoms with E-state index < -0.39 is 29.1 Å². The molecule has 216 valence electrons. The Kier molecular flexibility index (Phi) is 8.75. The molecule has 10 heteroatoms. The van der Waals surface area contributed by atoms with Gasteiger partial charge in [-0.3, -0.25) is 14.9 Å². The highest BCUT2D eigenvalue weighted by Crippen LogP contribution is 2.61. The van der Waals surface area contributed by atoms with Crippen LogP contribution in [0.3, 0.4) is 0 Å². The van der Waals surface area contributed by atoms with Gasteiger partial charge < -0.3 is 29.9 Å². The van der Waals surface area contributed by atoms with Gasteiger partial charge in [0.25, 0.3) is 0 Å². The molecule has 3 amide bonds. The monoisotopic (exact) mass is 545 g/mol. The maximum absolute atomic E-state index is 13.3. The van der Waals surface area contributed by atoms with E-state index in [0.717, 1.165) is 6.42 Å². The average Bonchev–Trinajstić information content (AvgIpc) is 3.36. The number of aliphatic hydroxyl groups excluding tert-OH is 2. The van der Waals surface area contributed by atoms with Crippen molar-refractivity contribution in [2.24, 2.45) is 22.7 Å². The minimum absolute atomic E-state index is 0.0169. The number of benzene rings is 1. The van der Waals surface area contributed by atoms with E-state index in [2.05, 4.69) is 17.6 Å². The molecular weight excluding hydrogens is 502 g/mol. The lowest BCUT2D eigenvalue weighted by atomic mass is 9.46. The van der Waals surface area contributed by atoms with Crippen molar-refractivity contribution in [1.29, 1.82) is 0 Å². The number of hydrogen-bond acceptors (Lipinski definition) is 7. The Morgan fingerprint density at radius 3 is 2.46 bits per heavy atom. The Morgan fingerprint density at radius 2 is 1.82 bits per heavy atom. The molecule has 2 saturated carbocycles. The van der Waals surface area contributed by atoms with Gasteiger partial charge in [0.1, 0.15) is 11.9 Å². The second kappa shape index (κ2) is 11.7. The molecule has 2 aliphatic carbocycles. The number of carbonyl (C=O) groups is 3. The maximum atomic E-state index is 13.3. The van der Waals surface area contributed by atoms with Gasteiger partial charge in [0.15, 0.2) is 0 Å². The molecule has 1 aromatic rings. The SMILES string of the molecule is COc1ccc(NC(=O)OC2CCC3(C)C(CC(=O)N4CCC(NC(C)=O)C4)C(O)CCC3C2(C)CO)cc1. The van der Waals surface area contributed by atoms with Crippen LogP contribution in [-0.2, 0) is 14.3 Å². The summed E-state index contributed by atoms with van der Waals surface area (Å²) in [5, 5.41) is 27.4. The van der Waals surface area contributed by atoms with Crippen LogP contribution in [0.15, 0.2) is 24.3 Å². The molecule has 7 unspecified atom stereocenters. The van der Waals surface area contributed by atoms with Gasteiger partial charge in [-0.2, -0.15) is 0 Å². The van der Waals surface area contributed by atoms with Crippen LogP contribution in [0, 0.1) is 22.7 Å². The largest absolute Gasteiger partial charge is 0.497 e. The third-order valence-electron chi connectivity index (χ3n) is 9.60. The smallest absolute Gasteiger partial charge is 0.411 e. The molecule has 4 rings (SSSR count). The first-order chi connectivity index (χ1) is 18.5. The van der Waals surface area contributed by atoms with E-state index in [1.54, 1.807) is 36.3 Å². The summed E-state index contributed by atoms with van der Waals surface area (Å²) in [5.41, 5.74) is -0.557. The summed E-state index contributed by atoms with van der Waals surface area (Å²) in [6.07, 6.45) is 1.60. The number of carbonyl (C=O) groups excluding carboxylic acids is 3. The Hall–Kier alpha value is -2.85. The molecule has 3 aliphatic rings. The van der Waals surface area contributed by atoms with E-state index in [1.807, 2.05) is 6.92 Å². The minimum atomic E-state index is -0.726. The Balaban J connectivity index is 1.44. The van der Waals surface area contributed by atoms with Gasteiger partial charge in [-0.25, -0.2) is 4.79 Å². The second-order valence-corrected chi connectivity index (χ2v) is 12.0. The van der Waals surface area contributed by atoms with E-state index in [0.29, 0.717) is 50.2 Å². The molecule has 4 N–H and O–H groups in total. The summed E-state index contributed by atoms with van der Waals surface area (Å²) < 4.78 is 11.1. The Labute approximate surface area is 230 Å². The zero-order valence-corrected chi connectivity index (χ0v) is 23.4. The molecule has 1 aromatic carbocycles.